The number of thiazole rings is 2. The van der Waals surface area contributed by atoms with Crippen LogP contribution in [0.15, 0.2) is 28.6 Å². The zero-order valence-electron chi connectivity index (χ0n) is 15.6. The van der Waals surface area contributed by atoms with Gasteiger partial charge in [0.1, 0.15) is 4.88 Å². The van der Waals surface area contributed by atoms with E-state index in [0.717, 1.165) is 16.9 Å². The van der Waals surface area contributed by atoms with Crippen LogP contribution in [0.1, 0.15) is 23.1 Å². The SMILES string of the molecule is CCOC(=O)Cc1csc(Nc2nc(O)c(C3=c4cc(C)ccc4=NC3=O)s2)n1. The molecule has 0 radical (unpaired) electrons. The summed E-state index contributed by atoms with van der Waals surface area (Å²) in [7, 11) is 0. The topological polar surface area (TPSA) is 114 Å². The second-order valence-corrected chi connectivity index (χ2v) is 8.09. The van der Waals surface area contributed by atoms with Gasteiger partial charge in [-0.1, -0.05) is 23.0 Å². The highest BCUT2D eigenvalue weighted by Gasteiger charge is 2.25. The van der Waals surface area contributed by atoms with Crippen molar-refractivity contribution in [3.63, 3.8) is 0 Å². The standard InChI is InChI=1S/C19H16N4O4S2/c1-3-27-13(24)7-10-8-28-18(20-10)23-19-22-17(26)15(29-19)14-11-6-9(2)4-5-12(11)21-16(14)25/h4-6,8,26H,3,7H2,1-2H3,(H,20,22,23). The van der Waals surface area contributed by atoms with E-state index in [-0.39, 0.29) is 18.3 Å². The molecule has 8 nitrogen and oxygen atoms in total. The number of carbonyl (C=O) groups excluding carboxylic acids is 2. The largest absolute Gasteiger partial charge is 0.492 e. The lowest BCUT2D eigenvalue weighted by molar-refractivity contribution is -0.142. The number of aryl methyl sites for hydroxylation is 1. The Kier molecular flexibility index (Phi) is 5.12. The van der Waals surface area contributed by atoms with Crippen LogP contribution in [-0.2, 0) is 20.7 Å². The number of esters is 1. The molecule has 4 rings (SSSR count). The third-order valence-corrected chi connectivity index (χ3v) is 5.87. The Morgan fingerprint density at radius 1 is 1.28 bits per heavy atom. The predicted molar refractivity (Wildman–Crippen MR) is 109 cm³/mol. The number of fused-ring (bicyclic) bond motifs is 1. The number of nitrogens with zero attached hydrogens (tertiary/aromatic N) is 3. The highest BCUT2D eigenvalue weighted by Crippen LogP contribution is 2.35. The van der Waals surface area contributed by atoms with Gasteiger partial charge in [-0.2, -0.15) is 4.98 Å². The molecular formula is C19H16N4O4S2. The maximum atomic E-state index is 12.4. The Morgan fingerprint density at radius 2 is 2.10 bits per heavy atom. The van der Waals surface area contributed by atoms with Crippen molar-refractivity contribution < 1.29 is 19.4 Å². The molecule has 1 aliphatic heterocycles. The number of amides is 1. The van der Waals surface area contributed by atoms with E-state index in [0.29, 0.717) is 43.6 Å². The van der Waals surface area contributed by atoms with Crippen molar-refractivity contribution in [3.05, 3.63) is 50.3 Å². The number of ether oxygens (including phenoxy) is 1. The van der Waals surface area contributed by atoms with E-state index in [1.165, 1.54) is 11.3 Å². The van der Waals surface area contributed by atoms with E-state index in [4.69, 9.17) is 4.74 Å². The minimum Gasteiger partial charge on any atom is -0.492 e. The number of rotatable bonds is 6. The summed E-state index contributed by atoms with van der Waals surface area (Å²) in [6.07, 6.45) is 0.0878. The van der Waals surface area contributed by atoms with Gasteiger partial charge in [0.15, 0.2) is 10.3 Å². The number of aromatic hydroxyl groups is 1. The van der Waals surface area contributed by atoms with Crippen molar-refractivity contribution in [1.29, 1.82) is 0 Å². The van der Waals surface area contributed by atoms with Crippen molar-refractivity contribution >= 4 is 50.4 Å². The Balaban J connectivity index is 1.61. The van der Waals surface area contributed by atoms with Crippen LogP contribution < -0.4 is 15.9 Å². The molecule has 0 spiro atoms. The second kappa shape index (κ2) is 7.72. The molecule has 1 amide bonds. The molecule has 29 heavy (non-hydrogen) atoms. The maximum absolute atomic E-state index is 12.4. The Labute approximate surface area is 173 Å². The first-order valence-corrected chi connectivity index (χ1v) is 10.5. The molecule has 3 aromatic rings. The summed E-state index contributed by atoms with van der Waals surface area (Å²) in [6, 6.07) is 5.54. The average molecular weight is 428 g/mol. The van der Waals surface area contributed by atoms with E-state index in [2.05, 4.69) is 20.3 Å². The van der Waals surface area contributed by atoms with Gasteiger partial charge in [-0.05, 0) is 26.0 Å². The van der Waals surface area contributed by atoms with Crippen LogP contribution in [0.4, 0.5) is 10.3 Å². The van der Waals surface area contributed by atoms with Gasteiger partial charge >= 0.3 is 5.97 Å². The quantitative estimate of drug-likeness (QED) is 0.576. The summed E-state index contributed by atoms with van der Waals surface area (Å²) in [5, 5.41) is 17.3. The number of benzene rings is 1. The molecule has 0 atom stereocenters. The molecule has 1 aliphatic rings. The smallest absolute Gasteiger partial charge is 0.311 e. The number of nitrogens with one attached hydrogen (secondary N) is 1. The van der Waals surface area contributed by atoms with Gasteiger partial charge in [-0.3, -0.25) is 9.59 Å². The van der Waals surface area contributed by atoms with Gasteiger partial charge in [-0.15, -0.1) is 11.3 Å². The molecular weight excluding hydrogens is 412 g/mol. The van der Waals surface area contributed by atoms with Crippen LogP contribution in [0.2, 0.25) is 0 Å². The van der Waals surface area contributed by atoms with Crippen LogP contribution in [-0.4, -0.2) is 33.6 Å². The summed E-state index contributed by atoms with van der Waals surface area (Å²) in [5.41, 5.74) is 1.92. The van der Waals surface area contributed by atoms with E-state index < -0.39 is 5.91 Å². The molecule has 2 N–H and O–H groups in total. The van der Waals surface area contributed by atoms with Gasteiger partial charge in [0, 0.05) is 10.6 Å². The van der Waals surface area contributed by atoms with Crippen molar-refractivity contribution in [2.45, 2.75) is 20.3 Å². The van der Waals surface area contributed by atoms with E-state index >= 15 is 0 Å². The van der Waals surface area contributed by atoms with Crippen LogP contribution in [0.3, 0.4) is 0 Å². The summed E-state index contributed by atoms with van der Waals surface area (Å²) in [4.78, 5) is 36.8. The first-order valence-electron chi connectivity index (χ1n) is 8.76. The first-order chi connectivity index (χ1) is 13.9. The normalized spacial score (nSPS) is 12.6. The third kappa shape index (κ3) is 3.89. The van der Waals surface area contributed by atoms with Gasteiger partial charge in [0.05, 0.1) is 29.7 Å². The lowest BCUT2D eigenvalue weighted by atomic mass is 10.1. The van der Waals surface area contributed by atoms with Crippen molar-refractivity contribution in [2.75, 3.05) is 11.9 Å². The Bertz CT molecular complexity index is 1250. The fourth-order valence-electron chi connectivity index (χ4n) is 2.87. The predicted octanol–water partition coefficient (Wildman–Crippen LogP) is 1.82. The van der Waals surface area contributed by atoms with E-state index in [1.54, 1.807) is 18.4 Å². The highest BCUT2D eigenvalue weighted by atomic mass is 32.1. The number of hydrogen-bond acceptors (Lipinski definition) is 9. The summed E-state index contributed by atoms with van der Waals surface area (Å²) >= 11 is 2.45. The van der Waals surface area contributed by atoms with Crippen LogP contribution >= 0.6 is 22.7 Å². The van der Waals surface area contributed by atoms with Gasteiger partial charge in [0.2, 0.25) is 5.88 Å². The molecule has 0 fully saturated rings. The first kappa shape index (κ1) is 19.2. The lowest BCUT2D eigenvalue weighted by Gasteiger charge is -1.98. The monoisotopic (exact) mass is 428 g/mol. The summed E-state index contributed by atoms with van der Waals surface area (Å²) < 4.78 is 4.91. The second-order valence-electron chi connectivity index (χ2n) is 6.24. The highest BCUT2D eigenvalue weighted by molar-refractivity contribution is 7.18. The van der Waals surface area contributed by atoms with Crippen LogP contribution in [0, 0.1) is 6.92 Å². The fraction of sp³-hybridized carbons (Fsp3) is 0.211. The number of hydrogen-bond donors (Lipinski definition) is 2. The average Bonchev–Trinajstić information content (AvgIpc) is 3.32. The molecule has 3 heterocycles. The van der Waals surface area contributed by atoms with Crippen molar-refractivity contribution in [1.82, 2.24) is 9.97 Å². The molecule has 2 aromatic heterocycles. The zero-order chi connectivity index (χ0) is 20.5. The number of carbonyl (C=O) groups is 2. The third-order valence-electron chi connectivity index (χ3n) is 4.09. The molecule has 0 saturated carbocycles. The molecule has 1 aromatic carbocycles. The van der Waals surface area contributed by atoms with Crippen molar-refractivity contribution in [2.24, 2.45) is 4.99 Å². The van der Waals surface area contributed by atoms with Crippen molar-refractivity contribution in [3.8, 4) is 5.88 Å². The molecule has 0 aliphatic carbocycles. The molecule has 10 heteroatoms. The van der Waals surface area contributed by atoms with Crippen LogP contribution in [0.5, 0.6) is 5.88 Å². The van der Waals surface area contributed by atoms with E-state index in [9.17, 15) is 14.7 Å². The summed E-state index contributed by atoms with van der Waals surface area (Å²) in [5.74, 6) is -0.983. The van der Waals surface area contributed by atoms with Gasteiger partial charge < -0.3 is 15.2 Å². The number of aromatic nitrogens is 2. The van der Waals surface area contributed by atoms with Gasteiger partial charge in [-0.25, -0.2) is 9.98 Å². The molecule has 0 unspecified atom stereocenters. The molecule has 0 saturated heterocycles. The zero-order valence-corrected chi connectivity index (χ0v) is 17.2. The minimum atomic E-state index is -0.401. The molecule has 148 valence electrons. The minimum absolute atomic E-state index is 0.0878. The van der Waals surface area contributed by atoms with E-state index in [1.807, 2.05) is 19.1 Å². The fourth-order valence-corrected chi connectivity index (χ4v) is 4.56. The Hall–Kier alpha value is -3.11. The summed E-state index contributed by atoms with van der Waals surface area (Å²) in [6.45, 7) is 4.00. The van der Waals surface area contributed by atoms with Gasteiger partial charge in [0.25, 0.3) is 5.91 Å². The van der Waals surface area contributed by atoms with Crippen LogP contribution in [0.25, 0.3) is 5.57 Å². The lowest BCUT2D eigenvalue weighted by Crippen LogP contribution is -2.23. The number of anilines is 2. The maximum Gasteiger partial charge on any atom is 0.311 e. The molecule has 0 bridgehead atoms. The Morgan fingerprint density at radius 3 is 2.90 bits per heavy atom.